The summed E-state index contributed by atoms with van der Waals surface area (Å²) >= 11 is 3.59. The van der Waals surface area contributed by atoms with Crippen LogP contribution < -0.4 is 5.32 Å². The molecule has 2 nitrogen and oxygen atoms in total. The van der Waals surface area contributed by atoms with Gasteiger partial charge in [-0.25, -0.2) is 0 Å². The predicted octanol–water partition coefficient (Wildman–Crippen LogP) is 3.77. The van der Waals surface area contributed by atoms with Crippen LogP contribution >= 0.6 is 15.9 Å². The summed E-state index contributed by atoms with van der Waals surface area (Å²) in [6.07, 6.45) is 3.77. The maximum atomic E-state index is 4.24. The summed E-state index contributed by atoms with van der Waals surface area (Å²) in [7, 11) is 1.98. The molecule has 1 atom stereocenters. The average molecular weight is 305 g/mol. The number of pyridine rings is 1. The van der Waals surface area contributed by atoms with Crippen molar-refractivity contribution in [3.05, 3.63) is 63.4 Å². The maximum absolute atomic E-state index is 4.24. The third kappa shape index (κ3) is 2.47. The fourth-order valence-electron chi connectivity index (χ4n) is 2.19. The van der Waals surface area contributed by atoms with Gasteiger partial charge in [0.1, 0.15) is 0 Å². The lowest BCUT2D eigenvalue weighted by Gasteiger charge is -2.21. The van der Waals surface area contributed by atoms with Crippen LogP contribution in [0.3, 0.4) is 0 Å². The Morgan fingerprint density at radius 3 is 2.61 bits per heavy atom. The Morgan fingerprint density at radius 2 is 1.94 bits per heavy atom. The van der Waals surface area contributed by atoms with E-state index in [0.29, 0.717) is 0 Å². The smallest absolute Gasteiger partial charge is 0.0595 e. The molecule has 0 saturated carbocycles. The third-order valence-electron chi connectivity index (χ3n) is 3.30. The lowest BCUT2D eigenvalue weighted by atomic mass is 9.94. The summed E-state index contributed by atoms with van der Waals surface area (Å²) < 4.78 is 1.14. The first-order valence-electron chi connectivity index (χ1n) is 5.98. The van der Waals surface area contributed by atoms with Crippen LogP contribution in [-0.4, -0.2) is 12.0 Å². The first-order valence-corrected chi connectivity index (χ1v) is 6.77. The van der Waals surface area contributed by atoms with Crippen LogP contribution in [0.5, 0.6) is 0 Å². The molecule has 0 aliphatic carbocycles. The molecule has 0 fully saturated rings. The highest BCUT2D eigenvalue weighted by molar-refractivity contribution is 9.10. The first kappa shape index (κ1) is 13.2. The van der Waals surface area contributed by atoms with Crippen molar-refractivity contribution < 1.29 is 0 Å². The Hall–Kier alpha value is -1.19. The van der Waals surface area contributed by atoms with Crippen LogP contribution in [0.25, 0.3) is 0 Å². The van der Waals surface area contributed by atoms with Gasteiger partial charge in [0.05, 0.1) is 6.04 Å². The van der Waals surface area contributed by atoms with Crippen LogP contribution in [-0.2, 0) is 0 Å². The van der Waals surface area contributed by atoms with Gasteiger partial charge >= 0.3 is 0 Å². The van der Waals surface area contributed by atoms with E-state index in [1.165, 1.54) is 22.3 Å². The number of nitrogens with one attached hydrogen (secondary N) is 1. The topological polar surface area (TPSA) is 24.9 Å². The third-order valence-corrected chi connectivity index (χ3v) is 4.16. The summed E-state index contributed by atoms with van der Waals surface area (Å²) in [5, 5.41) is 3.38. The Kier molecular flexibility index (Phi) is 4.15. The standard InChI is InChI=1S/C15H17BrN2/c1-10-7-8-18-9-13(10)15(17-3)12-5-4-6-14(16)11(12)2/h4-9,15,17H,1-3H3. The van der Waals surface area contributed by atoms with E-state index in [1.54, 1.807) is 0 Å². The van der Waals surface area contributed by atoms with Gasteiger partial charge in [-0.2, -0.15) is 0 Å². The summed E-state index contributed by atoms with van der Waals surface area (Å²) in [4.78, 5) is 4.24. The van der Waals surface area contributed by atoms with Gasteiger partial charge in [0.25, 0.3) is 0 Å². The maximum Gasteiger partial charge on any atom is 0.0595 e. The van der Waals surface area contributed by atoms with Crippen LogP contribution in [0, 0.1) is 13.8 Å². The molecular formula is C15H17BrN2. The Bertz CT molecular complexity index is 552. The van der Waals surface area contributed by atoms with Crippen molar-refractivity contribution in [2.45, 2.75) is 19.9 Å². The van der Waals surface area contributed by atoms with Gasteiger partial charge in [-0.1, -0.05) is 28.1 Å². The van der Waals surface area contributed by atoms with Gasteiger partial charge in [0, 0.05) is 16.9 Å². The summed E-state index contributed by atoms with van der Waals surface area (Å²) in [6.45, 7) is 4.25. The van der Waals surface area contributed by atoms with Crippen LogP contribution in [0.1, 0.15) is 28.3 Å². The number of aryl methyl sites for hydroxylation is 1. The molecule has 0 bridgehead atoms. The minimum absolute atomic E-state index is 0.177. The van der Waals surface area contributed by atoms with Crippen LogP contribution in [0.4, 0.5) is 0 Å². The van der Waals surface area contributed by atoms with Gasteiger partial charge in [-0.3, -0.25) is 4.98 Å². The second-order valence-electron chi connectivity index (χ2n) is 4.41. The zero-order valence-corrected chi connectivity index (χ0v) is 12.5. The van der Waals surface area contributed by atoms with E-state index in [-0.39, 0.29) is 6.04 Å². The van der Waals surface area contributed by atoms with Crippen LogP contribution in [0.2, 0.25) is 0 Å². The van der Waals surface area contributed by atoms with E-state index >= 15 is 0 Å². The molecule has 2 rings (SSSR count). The van der Waals surface area contributed by atoms with Crippen molar-refractivity contribution >= 4 is 15.9 Å². The van der Waals surface area contributed by atoms with E-state index in [0.717, 1.165) is 4.47 Å². The number of aromatic nitrogens is 1. The van der Waals surface area contributed by atoms with E-state index in [1.807, 2.05) is 25.5 Å². The van der Waals surface area contributed by atoms with Gasteiger partial charge < -0.3 is 5.32 Å². The van der Waals surface area contributed by atoms with Gasteiger partial charge in [-0.15, -0.1) is 0 Å². The molecule has 2 aromatic rings. The molecule has 0 saturated heterocycles. The second kappa shape index (κ2) is 5.63. The Balaban J connectivity index is 2.53. The predicted molar refractivity (Wildman–Crippen MR) is 78.8 cm³/mol. The van der Waals surface area contributed by atoms with Crippen molar-refractivity contribution in [1.29, 1.82) is 0 Å². The fourth-order valence-corrected chi connectivity index (χ4v) is 2.58. The minimum atomic E-state index is 0.177. The number of hydrogen-bond donors (Lipinski definition) is 1. The molecule has 1 unspecified atom stereocenters. The molecule has 18 heavy (non-hydrogen) atoms. The lowest BCUT2D eigenvalue weighted by molar-refractivity contribution is 0.679. The number of benzene rings is 1. The van der Waals surface area contributed by atoms with Gasteiger partial charge in [0.2, 0.25) is 0 Å². The highest BCUT2D eigenvalue weighted by Gasteiger charge is 2.17. The molecule has 94 valence electrons. The monoisotopic (exact) mass is 304 g/mol. The Morgan fingerprint density at radius 1 is 1.17 bits per heavy atom. The zero-order valence-electron chi connectivity index (χ0n) is 10.9. The number of rotatable bonds is 3. The first-order chi connectivity index (χ1) is 8.65. The van der Waals surface area contributed by atoms with Crippen molar-refractivity contribution in [3.8, 4) is 0 Å². The van der Waals surface area contributed by atoms with Crippen molar-refractivity contribution in [3.63, 3.8) is 0 Å². The van der Waals surface area contributed by atoms with Crippen molar-refractivity contribution in [1.82, 2.24) is 10.3 Å². The van der Waals surface area contributed by atoms with E-state index < -0.39 is 0 Å². The zero-order chi connectivity index (χ0) is 13.1. The highest BCUT2D eigenvalue weighted by Crippen LogP contribution is 2.29. The molecule has 1 aromatic heterocycles. The molecule has 0 radical (unpaired) electrons. The fraction of sp³-hybridized carbons (Fsp3) is 0.267. The number of halogens is 1. The lowest BCUT2D eigenvalue weighted by Crippen LogP contribution is -2.20. The minimum Gasteiger partial charge on any atom is -0.309 e. The number of nitrogens with zero attached hydrogens (tertiary/aromatic N) is 1. The van der Waals surface area contributed by atoms with Gasteiger partial charge in [0.15, 0.2) is 0 Å². The number of hydrogen-bond acceptors (Lipinski definition) is 2. The molecule has 0 amide bonds. The molecule has 3 heteroatoms. The molecule has 0 aliphatic rings. The molecule has 1 heterocycles. The molecule has 0 spiro atoms. The van der Waals surface area contributed by atoms with Crippen LogP contribution in [0.15, 0.2) is 41.1 Å². The molecule has 0 aliphatic heterocycles. The summed E-state index contributed by atoms with van der Waals surface area (Å²) in [5.74, 6) is 0. The van der Waals surface area contributed by atoms with Crippen molar-refractivity contribution in [2.24, 2.45) is 0 Å². The quantitative estimate of drug-likeness (QED) is 0.933. The molecular weight excluding hydrogens is 288 g/mol. The van der Waals surface area contributed by atoms with E-state index in [4.69, 9.17) is 0 Å². The van der Waals surface area contributed by atoms with E-state index in [9.17, 15) is 0 Å². The Labute approximate surface area is 117 Å². The summed E-state index contributed by atoms with van der Waals surface area (Å²) in [6, 6.07) is 8.53. The normalized spacial score (nSPS) is 12.4. The van der Waals surface area contributed by atoms with Gasteiger partial charge in [-0.05, 0) is 55.3 Å². The van der Waals surface area contributed by atoms with Crippen molar-refractivity contribution in [2.75, 3.05) is 7.05 Å². The highest BCUT2D eigenvalue weighted by atomic mass is 79.9. The summed E-state index contributed by atoms with van der Waals surface area (Å²) in [5.41, 5.74) is 5.02. The average Bonchev–Trinajstić information content (AvgIpc) is 2.37. The largest absolute Gasteiger partial charge is 0.309 e. The SMILES string of the molecule is CNC(c1cnccc1C)c1cccc(Br)c1C. The second-order valence-corrected chi connectivity index (χ2v) is 5.26. The molecule has 1 N–H and O–H groups in total. The van der Waals surface area contributed by atoms with E-state index in [2.05, 4.69) is 58.3 Å². The molecule has 1 aromatic carbocycles.